The van der Waals surface area contributed by atoms with E-state index >= 15 is 0 Å². The van der Waals surface area contributed by atoms with Crippen molar-refractivity contribution in [1.29, 1.82) is 0 Å². The summed E-state index contributed by atoms with van der Waals surface area (Å²) in [5.41, 5.74) is 7.87. The van der Waals surface area contributed by atoms with Crippen LogP contribution in [0.3, 0.4) is 0 Å². The Labute approximate surface area is 194 Å². The number of aliphatic hydroxyl groups excluding tert-OH is 1. The summed E-state index contributed by atoms with van der Waals surface area (Å²) in [7, 11) is 0. The summed E-state index contributed by atoms with van der Waals surface area (Å²) in [5.74, 6) is 0.969. The molecule has 0 spiro atoms. The maximum atomic E-state index is 13.1. The first-order valence-electron chi connectivity index (χ1n) is 10.9. The average Bonchev–Trinajstić information content (AvgIpc) is 3.20. The molecule has 6 nitrogen and oxygen atoms in total. The second kappa shape index (κ2) is 8.98. The van der Waals surface area contributed by atoms with Gasteiger partial charge in [-0.05, 0) is 56.2 Å². The molecule has 0 bridgehead atoms. The van der Waals surface area contributed by atoms with Crippen LogP contribution in [-0.2, 0) is 6.18 Å². The van der Waals surface area contributed by atoms with Gasteiger partial charge in [0.05, 0.1) is 17.1 Å². The minimum absolute atomic E-state index is 0.0892. The van der Waals surface area contributed by atoms with Crippen molar-refractivity contribution in [3.8, 4) is 22.6 Å². The molecule has 2 aromatic carbocycles. The molecule has 0 radical (unpaired) electrons. The number of fused-ring (bicyclic) bond motifs is 1. The molecule has 9 heteroatoms. The van der Waals surface area contributed by atoms with Gasteiger partial charge in [-0.15, -0.1) is 0 Å². The van der Waals surface area contributed by atoms with Gasteiger partial charge in [0, 0.05) is 23.4 Å². The molecule has 4 aromatic rings. The summed E-state index contributed by atoms with van der Waals surface area (Å²) < 4.78 is 47.3. The minimum Gasteiger partial charge on any atom is -0.457 e. The fourth-order valence-electron chi connectivity index (χ4n) is 3.85. The molecule has 0 aliphatic heterocycles. The zero-order chi connectivity index (χ0) is 24.6. The van der Waals surface area contributed by atoms with E-state index in [1.54, 1.807) is 19.1 Å². The van der Waals surface area contributed by atoms with Gasteiger partial charge in [0.1, 0.15) is 29.3 Å². The molecule has 1 atom stereocenters. The van der Waals surface area contributed by atoms with E-state index in [1.165, 1.54) is 12.4 Å². The maximum absolute atomic E-state index is 13.1. The number of alkyl halides is 3. The van der Waals surface area contributed by atoms with Gasteiger partial charge in [0.25, 0.3) is 0 Å². The first-order chi connectivity index (χ1) is 16.1. The van der Waals surface area contributed by atoms with E-state index in [2.05, 4.69) is 9.97 Å². The molecule has 0 aliphatic carbocycles. The van der Waals surface area contributed by atoms with Crippen LogP contribution in [0.2, 0.25) is 0 Å². The number of ether oxygens (including phenoxy) is 1. The number of nitrogen functional groups attached to an aromatic ring is 1. The average molecular weight is 470 g/mol. The Morgan fingerprint density at radius 2 is 1.79 bits per heavy atom. The fraction of sp³-hybridized carbons (Fsp3) is 0.280. The van der Waals surface area contributed by atoms with Crippen LogP contribution in [-0.4, -0.2) is 19.6 Å². The van der Waals surface area contributed by atoms with Crippen LogP contribution in [0.25, 0.3) is 22.2 Å². The Balaban J connectivity index is 1.69. The largest absolute Gasteiger partial charge is 0.457 e. The zero-order valence-electron chi connectivity index (χ0n) is 19.0. The second-order valence-electron chi connectivity index (χ2n) is 8.30. The summed E-state index contributed by atoms with van der Waals surface area (Å²) in [6.07, 6.45) is -1.93. The lowest BCUT2D eigenvalue weighted by molar-refractivity contribution is -0.137. The van der Waals surface area contributed by atoms with E-state index in [0.29, 0.717) is 11.6 Å². The number of benzene rings is 2. The Kier molecular flexibility index (Phi) is 6.22. The third kappa shape index (κ3) is 4.43. The normalized spacial score (nSPS) is 12.9. The number of nitrogens with two attached hydrogens (primary N) is 1. The highest BCUT2D eigenvalue weighted by Gasteiger charge is 2.32. The first-order valence-corrected chi connectivity index (χ1v) is 10.9. The lowest BCUT2D eigenvalue weighted by Gasteiger charge is -2.17. The van der Waals surface area contributed by atoms with Gasteiger partial charge in [0.2, 0.25) is 0 Å². The molecule has 0 aliphatic rings. The van der Waals surface area contributed by atoms with Crippen LogP contribution >= 0.6 is 0 Å². The molecule has 0 amide bonds. The van der Waals surface area contributed by atoms with Gasteiger partial charge in [-0.1, -0.05) is 19.1 Å². The summed E-state index contributed by atoms with van der Waals surface area (Å²) in [6, 6.07) is 10.4. The SMILES string of the molecule is CCC(O)c1cc(C(F)(F)F)ccc1Oc1ccc(-c2cn(C(C)C)c3ncnc(N)c23)cc1. The number of halogens is 3. The highest BCUT2D eigenvalue weighted by atomic mass is 19.4. The van der Waals surface area contributed by atoms with Gasteiger partial charge in [0.15, 0.2) is 0 Å². The predicted molar refractivity (Wildman–Crippen MR) is 125 cm³/mol. The predicted octanol–water partition coefficient (Wildman–Crippen LogP) is 6.52. The topological polar surface area (TPSA) is 86.2 Å². The standard InChI is InChI=1S/C25H25F3N4O2/c1-4-20(33)18-11-16(25(26,27)28)7-10-21(18)34-17-8-5-15(6-9-17)19-12-32(14(2)3)24-22(19)23(29)30-13-31-24/h5-14,20,33H,4H2,1-3H3,(H2,29,30,31). The quantitative estimate of drug-likeness (QED) is 0.335. The van der Waals surface area contributed by atoms with E-state index in [1.807, 2.05) is 36.7 Å². The molecule has 178 valence electrons. The Morgan fingerprint density at radius 1 is 1.09 bits per heavy atom. The van der Waals surface area contributed by atoms with E-state index in [-0.39, 0.29) is 23.8 Å². The lowest BCUT2D eigenvalue weighted by atomic mass is 10.0. The van der Waals surface area contributed by atoms with Crippen LogP contribution in [0.4, 0.5) is 19.0 Å². The number of aromatic nitrogens is 3. The first kappa shape index (κ1) is 23.6. The minimum atomic E-state index is -4.51. The maximum Gasteiger partial charge on any atom is 0.416 e. The molecular formula is C25H25F3N4O2. The van der Waals surface area contributed by atoms with Crippen molar-refractivity contribution in [1.82, 2.24) is 14.5 Å². The van der Waals surface area contributed by atoms with Crippen molar-refractivity contribution >= 4 is 16.9 Å². The third-order valence-corrected chi connectivity index (χ3v) is 5.67. The molecule has 1 unspecified atom stereocenters. The van der Waals surface area contributed by atoms with Crippen molar-refractivity contribution in [3.63, 3.8) is 0 Å². The van der Waals surface area contributed by atoms with E-state index in [4.69, 9.17) is 10.5 Å². The Bertz CT molecular complexity index is 1310. The Hall–Kier alpha value is -3.59. The molecule has 0 saturated carbocycles. The molecule has 3 N–H and O–H groups in total. The van der Waals surface area contributed by atoms with Crippen molar-refractivity contribution in [2.24, 2.45) is 0 Å². The van der Waals surface area contributed by atoms with Crippen molar-refractivity contribution in [3.05, 3.63) is 66.1 Å². The number of anilines is 1. The van der Waals surface area contributed by atoms with Crippen molar-refractivity contribution < 1.29 is 23.0 Å². The molecule has 34 heavy (non-hydrogen) atoms. The van der Waals surface area contributed by atoms with Gasteiger partial charge in [-0.25, -0.2) is 9.97 Å². The monoisotopic (exact) mass is 470 g/mol. The van der Waals surface area contributed by atoms with Crippen LogP contribution in [0.15, 0.2) is 55.0 Å². The third-order valence-electron chi connectivity index (χ3n) is 5.67. The summed E-state index contributed by atoms with van der Waals surface area (Å²) in [5, 5.41) is 11.0. The van der Waals surface area contributed by atoms with Crippen LogP contribution in [0.1, 0.15) is 50.5 Å². The van der Waals surface area contributed by atoms with E-state index in [0.717, 1.165) is 34.3 Å². The van der Waals surface area contributed by atoms with Crippen LogP contribution in [0, 0.1) is 0 Å². The highest BCUT2D eigenvalue weighted by Crippen LogP contribution is 2.39. The van der Waals surface area contributed by atoms with Crippen molar-refractivity contribution in [2.75, 3.05) is 5.73 Å². The Morgan fingerprint density at radius 3 is 2.41 bits per heavy atom. The summed E-state index contributed by atoms with van der Waals surface area (Å²) in [4.78, 5) is 8.51. The van der Waals surface area contributed by atoms with Crippen LogP contribution < -0.4 is 10.5 Å². The van der Waals surface area contributed by atoms with Gasteiger partial charge in [-0.3, -0.25) is 0 Å². The van der Waals surface area contributed by atoms with E-state index in [9.17, 15) is 18.3 Å². The van der Waals surface area contributed by atoms with Crippen molar-refractivity contribution in [2.45, 2.75) is 45.5 Å². The number of nitrogens with zero attached hydrogens (tertiary/aromatic N) is 3. The number of rotatable bonds is 6. The fourth-order valence-corrected chi connectivity index (χ4v) is 3.85. The van der Waals surface area contributed by atoms with Gasteiger partial charge >= 0.3 is 6.18 Å². The summed E-state index contributed by atoms with van der Waals surface area (Å²) >= 11 is 0. The zero-order valence-corrected chi connectivity index (χ0v) is 19.0. The molecular weight excluding hydrogens is 445 g/mol. The smallest absolute Gasteiger partial charge is 0.416 e. The highest BCUT2D eigenvalue weighted by molar-refractivity contribution is 6.00. The molecule has 0 saturated heterocycles. The van der Waals surface area contributed by atoms with Gasteiger partial charge < -0.3 is 20.1 Å². The van der Waals surface area contributed by atoms with E-state index < -0.39 is 17.8 Å². The van der Waals surface area contributed by atoms with Gasteiger partial charge in [-0.2, -0.15) is 13.2 Å². The summed E-state index contributed by atoms with van der Waals surface area (Å²) in [6.45, 7) is 5.78. The lowest BCUT2D eigenvalue weighted by Crippen LogP contribution is -2.08. The molecule has 0 fully saturated rings. The second-order valence-corrected chi connectivity index (χ2v) is 8.30. The molecule has 2 heterocycles. The van der Waals surface area contributed by atoms with Crippen LogP contribution in [0.5, 0.6) is 11.5 Å². The molecule has 2 aromatic heterocycles. The number of hydrogen-bond donors (Lipinski definition) is 2. The number of aliphatic hydroxyl groups is 1. The number of hydrogen-bond acceptors (Lipinski definition) is 5. The molecule has 4 rings (SSSR count).